The summed E-state index contributed by atoms with van der Waals surface area (Å²) in [5.41, 5.74) is 6.27. The summed E-state index contributed by atoms with van der Waals surface area (Å²) in [4.78, 5) is 0.00863. The summed E-state index contributed by atoms with van der Waals surface area (Å²) in [5, 5.41) is 6.37. The first kappa shape index (κ1) is 13.3. The number of anilines is 2. The van der Waals surface area contributed by atoms with Crippen LogP contribution in [0.2, 0.25) is 0 Å². The molecule has 0 spiro atoms. The minimum atomic E-state index is -3.91. The molecule has 1 aromatic heterocycles. The Morgan fingerprint density at radius 3 is 2.63 bits per heavy atom. The molecule has 6 nitrogen and oxygen atoms in total. The predicted molar refractivity (Wildman–Crippen MR) is 69.7 cm³/mol. The van der Waals surface area contributed by atoms with Gasteiger partial charge in [-0.3, -0.25) is 9.82 Å². The highest BCUT2D eigenvalue weighted by Gasteiger charge is 2.23. The fourth-order valence-electron chi connectivity index (χ4n) is 1.75. The van der Waals surface area contributed by atoms with Crippen LogP contribution in [0.4, 0.5) is 15.8 Å². The van der Waals surface area contributed by atoms with Crippen molar-refractivity contribution < 1.29 is 12.8 Å². The molecule has 0 aliphatic heterocycles. The van der Waals surface area contributed by atoms with E-state index in [1.54, 1.807) is 13.8 Å². The maximum Gasteiger partial charge on any atom is 0.265 e. The van der Waals surface area contributed by atoms with Crippen LogP contribution in [0, 0.1) is 19.7 Å². The number of H-pyrrole nitrogens is 1. The topological polar surface area (TPSA) is 101 Å². The van der Waals surface area contributed by atoms with Gasteiger partial charge in [0, 0.05) is 5.69 Å². The summed E-state index contributed by atoms with van der Waals surface area (Å²) in [6.07, 6.45) is 0. The van der Waals surface area contributed by atoms with Crippen LogP contribution in [0.5, 0.6) is 0 Å². The molecule has 2 aromatic rings. The Morgan fingerprint density at radius 1 is 1.37 bits per heavy atom. The number of halogens is 1. The quantitative estimate of drug-likeness (QED) is 0.744. The molecular weight excluding hydrogens is 271 g/mol. The molecule has 2 rings (SSSR count). The SMILES string of the molecule is Cc1n[nH]c(C)c1S(=O)(=O)Nc1cc(N)ccc1F. The Bertz CT molecular complexity index is 705. The molecule has 0 amide bonds. The highest BCUT2D eigenvalue weighted by atomic mass is 32.2. The van der Waals surface area contributed by atoms with Crippen LogP contribution < -0.4 is 10.5 Å². The van der Waals surface area contributed by atoms with Crippen LogP contribution in [-0.2, 0) is 10.0 Å². The van der Waals surface area contributed by atoms with Gasteiger partial charge in [0.2, 0.25) is 0 Å². The third-order valence-corrected chi connectivity index (χ3v) is 4.19. The largest absolute Gasteiger partial charge is 0.399 e. The van der Waals surface area contributed by atoms with E-state index in [1.165, 1.54) is 12.1 Å². The highest BCUT2D eigenvalue weighted by Crippen LogP contribution is 2.24. The first-order chi connectivity index (χ1) is 8.81. The van der Waals surface area contributed by atoms with E-state index in [4.69, 9.17) is 5.73 Å². The van der Waals surface area contributed by atoms with E-state index >= 15 is 0 Å². The number of hydrogen-bond acceptors (Lipinski definition) is 4. The number of rotatable bonds is 3. The minimum absolute atomic E-state index is 0.00863. The van der Waals surface area contributed by atoms with Gasteiger partial charge < -0.3 is 5.73 Å². The first-order valence-corrected chi connectivity index (χ1v) is 6.89. The number of hydrogen-bond donors (Lipinski definition) is 3. The Hall–Kier alpha value is -2.09. The Labute approximate surface area is 109 Å². The smallest absolute Gasteiger partial charge is 0.265 e. The number of nitrogens with two attached hydrogens (primary N) is 1. The zero-order chi connectivity index (χ0) is 14.2. The number of aryl methyl sites for hydroxylation is 2. The van der Waals surface area contributed by atoms with Gasteiger partial charge in [-0.25, -0.2) is 12.8 Å². The Balaban J connectivity index is 2.45. The molecule has 0 fully saturated rings. The average Bonchev–Trinajstić information content (AvgIpc) is 2.64. The lowest BCUT2D eigenvalue weighted by molar-refractivity contribution is 0.597. The molecule has 0 unspecified atom stereocenters. The van der Waals surface area contributed by atoms with Crippen molar-refractivity contribution in [1.82, 2.24) is 10.2 Å². The number of nitrogen functional groups attached to an aromatic ring is 1. The number of nitrogens with one attached hydrogen (secondary N) is 2. The van der Waals surface area contributed by atoms with Crippen molar-refractivity contribution in [2.45, 2.75) is 18.7 Å². The van der Waals surface area contributed by atoms with Gasteiger partial charge in [-0.15, -0.1) is 0 Å². The number of aromatic nitrogens is 2. The lowest BCUT2D eigenvalue weighted by Crippen LogP contribution is -2.15. The monoisotopic (exact) mass is 284 g/mol. The maximum atomic E-state index is 13.5. The molecule has 0 saturated carbocycles. The van der Waals surface area contributed by atoms with Gasteiger partial charge in [-0.2, -0.15) is 5.10 Å². The lowest BCUT2D eigenvalue weighted by Gasteiger charge is -2.09. The molecule has 0 radical (unpaired) electrons. The van der Waals surface area contributed by atoms with Gasteiger partial charge in [0.1, 0.15) is 10.7 Å². The molecule has 0 atom stereocenters. The normalized spacial score (nSPS) is 11.5. The van der Waals surface area contributed by atoms with Gasteiger partial charge in [-0.05, 0) is 32.0 Å². The van der Waals surface area contributed by atoms with Crippen molar-refractivity contribution >= 4 is 21.4 Å². The fourth-order valence-corrected chi connectivity index (χ4v) is 3.18. The second-order valence-corrected chi connectivity index (χ2v) is 5.73. The van der Waals surface area contributed by atoms with E-state index in [2.05, 4.69) is 14.9 Å². The van der Waals surface area contributed by atoms with Crippen molar-refractivity contribution in [1.29, 1.82) is 0 Å². The van der Waals surface area contributed by atoms with E-state index < -0.39 is 15.8 Å². The van der Waals surface area contributed by atoms with Crippen molar-refractivity contribution in [3.63, 3.8) is 0 Å². The zero-order valence-electron chi connectivity index (χ0n) is 10.4. The van der Waals surface area contributed by atoms with Crippen molar-refractivity contribution in [2.75, 3.05) is 10.5 Å². The van der Waals surface area contributed by atoms with Crippen molar-refractivity contribution in [2.24, 2.45) is 0 Å². The summed E-state index contributed by atoms with van der Waals surface area (Å²) < 4.78 is 40.1. The van der Waals surface area contributed by atoms with Gasteiger partial charge in [-0.1, -0.05) is 0 Å². The third kappa shape index (κ3) is 2.53. The van der Waals surface area contributed by atoms with Crippen LogP contribution in [-0.4, -0.2) is 18.6 Å². The zero-order valence-corrected chi connectivity index (χ0v) is 11.2. The molecule has 0 aliphatic carbocycles. The summed E-state index contributed by atoms with van der Waals surface area (Å²) in [6.45, 7) is 3.12. The van der Waals surface area contributed by atoms with Gasteiger partial charge in [0.05, 0.1) is 17.1 Å². The second-order valence-electron chi connectivity index (χ2n) is 4.11. The molecule has 102 valence electrons. The van der Waals surface area contributed by atoms with Gasteiger partial charge >= 0.3 is 0 Å². The molecule has 0 aliphatic rings. The molecule has 1 aromatic carbocycles. The molecule has 1 heterocycles. The number of aromatic amines is 1. The summed E-state index contributed by atoms with van der Waals surface area (Å²) in [5.74, 6) is -0.698. The van der Waals surface area contributed by atoms with Crippen LogP contribution in [0.15, 0.2) is 23.1 Å². The number of nitrogens with zero attached hydrogens (tertiary/aromatic N) is 1. The van der Waals surface area contributed by atoms with Crippen molar-refractivity contribution in [3.8, 4) is 0 Å². The third-order valence-electron chi connectivity index (χ3n) is 2.56. The Morgan fingerprint density at radius 2 is 2.05 bits per heavy atom. The van der Waals surface area contributed by atoms with Crippen LogP contribution in [0.25, 0.3) is 0 Å². The second kappa shape index (κ2) is 4.54. The van der Waals surface area contributed by atoms with E-state index in [0.29, 0.717) is 11.4 Å². The standard InChI is InChI=1S/C11H13FN4O2S/c1-6-11(7(2)15-14-6)19(17,18)16-10-5-8(13)3-4-9(10)12/h3-5,16H,13H2,1-2H3,(H,14,15). The van der Waals surface area contributed by atoms with E-state index in [-0.39, 0.29) is 16.3 Å². The van der Waals surface area contributed by atoms with Gasteiger partial charge in [0.25, 0.3) is 10.0 Å². The summed E-state index contributed by atoms with van der Waals surface area (Å²) in [6, 6.07) is 3.67. The lowest BCUT2D eigenvalue weighted by atomic mass is 10.3. The summed E-state index contributed by atoms with van der Waals surface area (Å²) >= 11 is 0. The first-order valence-electron chi connectivity index (χ1n) is 5.40. The van der Waals surface area contributed by atoms with E-state index in [0.717, 1.165) is 6.07 Å². The van der Waals surface area contributed by atoms with Crippen molar-refractivity contribution in [3.05, 3.63) is 35.4 Å². The highest BCUT2D eigenvalue weighted by molar-refractivity contribution is 7.92. The summed E-state index contributed by atoms with van der Waals surface area (Å²) in [7, 11) is -3.91. The van der Waals surface area contributed by atoms with Crippen LogP contribution >= 0.6 is 0 Å². The molecule has 4 N–H and O–H groups in total. The van der Waals surface area contributed by atoms with Crippen LogP contribution in [0.3, 0.4) is 0 Å². The molecular formula is C11H13FN4O2S. The van der Waals surface area contributed by atoms with Gasteiger partial charge in [0.15, 0.2) is 0 Å². The van der Waals surface area contributed by atoms with E-state index in [1.807, 2.05) is 0 Å². The fraction of sp³-hybridized carbons (Fsp3) is 0.182. The molecule has 19 heavy (non-hydrogen) atoms. The van der Waals surface area contributed by atoms with Crippen LogP contribution in [0.1, 0.15) is 11.4 Å². The number of sulfonamides is 1. The number of benzene rings is 1. The Kier molecular flexibility index (Phi) is 3.19. The molecule has 8 heteroatoms. The molecule has 0 saturated heterocycles. The molecule has 0 bridgehead atoms. The minimum Gasteiger partial charge on any atom is -0.399 e. The maximum absolute atomic E-state index is 13.5. The van der Waals surface area contributed by atoms with E-state index in [9.17, 15) is 12.8 Å². The predicted octanol–water partition coefficient (Wildman–Crippen LogP) is 1.55. The average molecular weight is 284 g/mol.